The third-order valence-corrected chi connectivity index (χ3v) is 2.33. The van der Waals surface area contributed by atoms with E-state index in [4.69, 9.17) is 4.74 Å². The summed E-state index contributed by atoms with van der Waals surface area (Å²) in [4.78, 5) is 23.0. The minimum Gasteiger partial charge on any atom is -0.461 e. The van der Waals surface area contributed by atoms with Gasteiger partial charge in [0.1, 0.15) is 5.52 Å². The average Bonchev–Trinajstić information content (AvgIpc) is 2.29. The number of fused-ring (bicyclic) bond motifs is 1. The van der Waals surface area contributed by atoms with Crippen LogP contribution < -0.4 is 10.1 Å². The number of benzene rings is 1. The molecule has 0 radical (unpaired) electrons. The zero-order valence-electron chi connectivity index (χ0n) is 9.47. The highest BCUT2D eigenvalue weighted by atomic mass is 16.5. The van der Waals surface area contributed by atoms with Crippen LogP contribution in [0, 0.1) is 0 Å². The monoisotopic (exact) mass is 233 g/mol. The maximum atomic E-state index is 11.7. The molecule has 0 spiro atoms. The predicted molar refractivity (Wildman–Crippen MR) is 61.4 cm³/mol. The lowest BCUT2D eigenvalue weighted by Gasteiger charge is -1.99. The Labute approximate surface area is 97.6 Å². The number of carbonyl (C=O) groups is 1. The van der Waals surface area contributed by atoms with Gasteiger partial charge < -0.3 is 4.74 Å². The number of nitrogens with one attached hydrogen (secondary N) is 1. The van der Waals surface area contributed by atoms with Crippen molar-refractivity contribution in [2.75, 3.05) is 6.61 Å². The maximum Gasteiger partial charge on any atom is 0.375 e. The summed E-state index contributed by atoms with van der Waals surface area (Å²) < 4.78 is 6.25. The van der Waals surface area contributed by atoms with Crippen molar-refractivity contribution in [3.8, 4) is 0 Å². The van der Waals surface area contributed by atoms with E-state index in [0.29, 0.717) is 17.5 Å². The fourth-order valence-electron chi connectivity index (χ4n) is 1.62. The summed E-state index contributed by atoms with van der Waals surface area (Å²) in [5.41, 5.74) is 0.577. The van der Waals surface area contributed by atoms with Gasteiger partial charge in [0.2, 0.25) is 6.20 Å². The maximum absolute atomic E-state index is 11.7. The van der Waals surface area contributed by atoms with Crippen LogP contribution in [0.25, 0.3) is 10.9 Å². The number of rotatable bonds is 3. The number of esters is 1. The number of H-pyrrole nitrogens is 1. The number of aromatic nitrogens is 2. The molecule has 0 saturated carbocycles. The van der Waals surface area contributed by atoms with Crippen LogP contribution >= 0.6 is 0 Å². The predicted octanol–water partition coefficient (Wildman–Crippen LogP) is 0.379. The first-order chi connectivity index (χ1) is 8.20. The van der Waals surface area contributed by atoms with Gasteiger partial charge in [-0.1, -0.05) is 12.1 Å². The molecule has 2 aromatic rings. The summed E-state index contributed by atoms with van der Waals surface area (Å²) >= 11 is 0. The molecule has 1 heterocycles. The lowest BCUT2D eigenvalue weighted by molar-refractivity contribution is -0.741. The van der Waals surface area contributed by atoms with Crippen molar-refractivity contribution in [2.45, 2.75) is 13.5 Å². The second-order valence-corrected chi connectivity index (χ2v) is 3.58. The van der Waals surface area contributed by atoms with E-state index < -0.39 is 0 Å². The van der Waals surface area contributed by atoms with Gasteiger partial charge in [0.05, 0.1) is 12.0 Å². The number of nitrogens with zero attached hydrogens (tertiary/aromatic N) is 1. The number of para-hydroxylation sites is 1. The normalized spacial score (nSPS) is 10.4. The second kappa shape index (κ2) is 4.78. The van der Waals surface area contributed by atoms with E-state index in [2.05, 4.69) is 5.10 Å². The average molecular weight is 233 g/mol. The van der Waals surface area contributed by atoms with Gasteiger partial charge in [-0.3, -0.25) is 4.79 Å². The highest BCUT2D eigenvalue weighted by molar-refractivity contribution is 5.76. The Balaban J connectivity index is 2.37. The molecule has 0 aliphatic rings. The number of ether oxygens (including phenoxy) is 1. The highest BCUT2D eigenvalue weighted by Gasteiger charge is 2.13. The van der Waals surface area contributed by atoms with E-state index in [1.807, 2.05) is 6.07 Å². The Kier molecular flexibility index (Phi) is 3.18. The summed E-state index contributed by atoms with van der Waals surface area (Å²) in [6, 6.07) is 7.15. The summed E-state index contributed by atoms with van der Waals surface area (Å²) in [6.07, 6.45) is 1.36. The fourth-order valence-corrected chi connectivity index (χ4v) is 1.62. The third-order valence-electron chi connectivity index (χ3n) is 2.33. The molecule has 0 amide bonds. The summed E-state index contributed by atoms with van der Waals surface area (Å²) in [5, 5.41) is 3.58. The van der Waals surface area contributed by atoms with E-state index in [9.17, 15) is 9.59 Å². The Hall–Kier alpha value is -2.17. The molecule has 1 aromatic heterocycles. The first-order valence-corrected chi connectivity index (χ1v) is 5.38. The van der Waals surface area contributed by atoms with Crippen LogP contribution in [0.3, 0.4) is 0 Å². The first kappa shape index (κ1) is 11.3. The topological polar surface area (TPSA) is 63.0 Å². The molecule has 0 fully saturated rings. The standard InChI is InChI=1S/C12H12N2O3/c1-2-17-12(16)8-14-7-11(15)9-5-3-4-6-10(9)13-14/h3-7H,2,8H2,1H3/p+1. The van der Waals surface area contributed by atoms with E-state index in [-0.39, 0.29) is 17.9 Å². The van der Waals surface area contributed by atoms with Gasteiger partial charge in [-0.15, -0.1) is 4.68 Å². The lowest BCUT2D eigenvalue weighted by atomic mass is 10.2. The number of aromatic amines is 1. The molecule has 0 aliphatic carbocycles. The van der Waals surface area contributed by atoms with E-state index in [1.54, 1.807) is 25.1 Å². The zero-order chi connectivity index (χ0) is 12.3. The van der Waals surface area contributed by atoms with Crippen LogP contribution in [0.4, 0.5) is 0 Å². The Bertz CT molecular complexity index is 604. The quantitative estimate of drug-likeness (QED) is 0.615. The molecule has 2 rings (SSSR count). The minimum absolute atomic E-state index is 0.00785. The Morgan fingerprint density at radius 1 is 1.41 bits per heavy atom. The lowest BCUT2D eigenvalue weighted by Crippen LogP contribution is -2.44. The molecule has 0 bridgehead atoms. The van der Waals surface area contributed by atoms with Crippen LogP contribution in [0.1, 0.15) is 6.92 Å². The van der Waals surface area contributed by atoms with Crippen LogP contribution in [-0.4, -0.2) is 17.7 Å². The first-order valence-electron chi connectivity index (χ1n) is 5.38. The van der Waals surface area contributed by atoms with Gasteiger partial charge >= 0.3 is 5.97 Å². The molecule has 1 N–H and O–H groups in total. The molecular formula is C12H13N2O3+. The van der Waals surface area contributed by atoms with Crippen LogP contribution in [-0.2, 0) is 16.1 Å². The van der Waals surface area contributed by atoms with Crippen molar-refractivity contribution in [3.05, 3.63) is 40.7 Å². The molecule has 0 saturated heterocycles. The molecule has 0 aliphatic heterocycles. The van der Waals surface area contributed by atoms with Crippen molar-refractivity contribution in [3.63, 3.8) is 0 Å². The van der Waals surface area contributed by atoms with Gasteiger partial charge in [-0.2, -0.15) is 5.10 Å². The van der Waals surface area contributed by atoms with Crippen molar-refractivity contribution >= 4 is 16.9 Å². The zero-order valence-corrected chi connectivity index (χ0v) is 9.47. The van der Waals surface area contributed by atoms with E-state index >= 15 is 0 Å². The van der Waals surface area contributed by atoms with Gasteiger partial charge in [0, 0.05) is 0 Å². The molecule has 0 unspecified atom stereocenters. The smallest absolute Gasteiger partial charge is 0.375 e. The molecule has 5 nitrogen and oxygen atoms in total. The minimum atomic E-state index is -0.372. The number of hydrogen-bond donors (Lipinski definition) is 1. The molecular weight excluding hydrogens is 220 g/mol. The van der Waals surface area contributed by atoms with E-state index in [1.165, 1.54) is 10.9 Å². The van der Waals surface area contributed by atoms with Crippen molar-refractivity contribution in [1.29, 1.82) is 0 Å². The van der Waals surface area contributed by atoms with Gasteiger partial charge in [0.25, 0.3) is 12.0 Å². The largest absolute Gasteiger partial charge is 0.461 e. The molecule has 5 heteroatoms. The fraction of sp³-hybridized carbons (Fsp3) is 0.250. The van der Waals surface area contributed by atoms with Gasteiger partial charge in [-0.25, -0.2) is 4.79 Å². The van der Waals surface area contributed by atoms with Crippen LogP contribution in [0.5, 0.6) is 0 Å². The van der Waals surface area contributed by atoms with Crippen molar-refractivity contribution in [2.24, 2.45) is 0 Å². The highest BCUT2D eigenvalue weighted by Crippen LogP contribution is 2.02. The second-order valence-electron chi connectivity index (χ2n) is 3.58. The molecule has 88 valence electrons. The van der Waals surface area contributed by atoms with Crippen LogP contribution in [0.15, 0.2) is 35.3 Å². The van der Waals surface area contributed by atoms with E-state index in [0.717, 1.165) is 0 Å². The summed E-state index contributed by atoms with van der Waals surface area (Å²) in [5.74, 6) is -0.372. The Morgan fingerprint density at radius 3 is 2.94 bits per heavy atom. The van der Waals surface area contributed by atoms with Gasteiger partial charge in [-0.05, 0) is 19.1 Å². The Morgan fingerprint density at radius 2 is 2.18 bits per heavy atom. The summed E-state index contributed by atoms with van der Waals surface area (Å²) in [7, 11) is 0. The summed E-state index contributed by atoms with van der Waals surface area (Å²) in [6.45, 7) is 2.08. The number of carbonyl (C=O) groups excluding carboxylic acids is 1. The SMILES string of the molecule is CCOC(=O)C[n+]1cc(=O)c2ccccc2[nH]1. The molecule has 1 aromatic carbocycles. The number of hydrogen-bond acceptors (Lipinski definition) is 3. The van der Waals surface area contributed by atoms with Crippen LogP contribution in [0.2, 0.25) is 0 Å². The molecule has 17 heavy (non-hydrogen) atoms. The van der Waals surface area contributed by atoms with Crippen molar-refractivity contribution in [1.82, 2.24) is 5.10 Å². The van der Waals surface area contributed by atoms with Crippen molar-refractivity contribution < 1.29 is 14.2 Å². The third kappa shape index (κ3) is 2.50. The molecule has 0 atom stereocenters. The van der Waals surface area contributed by atoms with Gasteiger partial charge in [0.15, 0.2) is 0 Å².